The van der Waals surface area contributed by atoms with E-state index < -0.39 is 11.8 Å². The van der Waals surface area contributed by atoms with Crippen LogP contribution in [0.15, 0.2) is 47.2 Å². The van der Waals surface area contributed by atoms with Crippen LogP contribution in [-0.4, -0.2) is 47.5 Å². The molecule has 1 heterocycles. The van der Waals surface area contributed by atoms with Crippen molar-refractivity contribution in [2.75, 3.05) is 19.6 Å². The van der Waals surface area contributed by atoms with E-state index in [1.165, 1.54) is 11.6 Å². The maximum absolute atomic E-state index is 13.0. The lowest BCUT2D eigenvalue weighted by atomic mass is 9.87. The summed E-state index contributed by atoms with van der Waals surface area (Å²) in [5.41, 5.74) is -0.310. The number of hydrogen-bond acceptors (Lipinski definition) is 3. The zero-order valence-electron chi connectivity index (χ0n) is 15.1. The Bertz CT molecular complexity index is 644. The fraction of sp³-hybridized carbons (Fsp3) is 0.600. The summed E-state index contributed by atoms with van der Waals surface area (Å²) in [7, 11) is 0. The van der Waals surface area contributed by atoms with Crippen LogP contribution in [0.1, 0.15) is 39.0 Å². The number of piperazine rings is 1. The Morgan fingerprint density at radius 3 is 2.65 bits per heavy atom. The predicted molar refractivity (Wildman–Crippen MR) is 96.5 cm³/mol. The van der Waals surface area contributed by atoms with Gasteiger partial charge in [-0.05, 0) is 50.7 Å². The van der Waals surface area contributed by atoms with E-state index >= 15 is 0 Å². The van der Waals surface area contributed by atoms with Crippen molar-refractivity contribution in [1.82, 2.24) is 10.2 Å². The Kier molecular flexibility index (Phi) is 5.63. The Morgan fingerprint density at radius 1 is 1.23 bits per heavy atom. The second-order valence-electron chi connectivity index (χ2n) is 7.43. The van der Waals surface area contributed by atoms with Crippen LogP contribution in [0.4, 0.5) is 13.2 Å². The van der Waals surface area contributed by atoms with Gasteiger partial charge in [0, 0.05) is 31.4 Å². The molecule has 2 unspecified atom stereocenters. The van der Waals surface area contributed by atoms with Crippen LogP contribution < -0.4 is 5.32 Å². The highest BCUT2D eigenvalue weighted by atomic mass is 19.4. The normalized spacial score (nSPS) is 26.7. The molecule has 0 aromatic rings. The van der Waals surface area contributed by atoms with E-state index in [9.17, 15) is 18.3 Å². The SMILES string of the molecule is CC(O)(C1=CC=C(N2CCNCC2CC2=CCCC=C2)CC1)C(F)(F)F. The largest absolute Gasteiger partial charge is 0.420 e. The standard InChI is InChI=1S/C20H27F3N2O/c1-19(26,20(21,22)23)16-7-9-17(10-8-16)25-12-11-24-14-18(25)13-15-5-3-2-4-6-15/h3,5-7,9,18,24,26H,2,4,8,10-14H2,1H3. The van der Waals surface area contributed by atoms with E-state index in [1.54, 1.807) is 6.08 Å². The number of aliphatic hydroxyl groups is 1. The zero-order chi connectivity index (χ0) is 18.8. The highest BCUT2D eigenvalue weighted by Gasteiger charge is 2.52. The maximum Gasteiger partial charge on any atom is 0.420 e. The number of allylic oxidation sites excluding steroid dienone is 6. The molecule has 3 nitrogen and oxygen atoms in total. The number of nitrogens with one attached hydrogen (secondary N) is 1. The van der Waals surface area contributed by atoms with Gasteiger partial charge in [-0.15, -0.1) is 0 Å². The lowest BCUT2D eigenvalue weighted by Crippen LogP contribution is -2.51. The summed E-state index contributed by atoms with van der Waals surface area (Å²) in [5.74, 6) is 0. The molecule has 2 aliphatic carbocycles. The molecular formula is C20H27F3N2O. The van der Waals surface area contributed by atoms with Crippen LogP contribution in [0.25, 0.3) is 0 Å². The molecule has 2 atom stereocenters. The Hall–Kier alpha value is -1.53. The first-order valence-electron chi connectivity index (χ1n) is 9.31. The fourth-order valence-electron chi connectivity index (χ4n) is 3.87. The van der Waals surface area contributed by atoms with Crippen molar-refractivity contribution in [3.8, 4) is 0 Å². The summed E-state index contributed by atoms with van der Waals surface area (Å²) in [6.07, 6.45) is 9.11. The van der Waals surface area contributed by atoms with Gasteiger partial charge in [-0.3, -0.25) is 0 Å². The third-order valence-corrected chi connectivity index (χ3v) is 5.57. The molecule has 0 aromatic carbocycles. The van der Waals surface area contributed by atoms with E-state index in [1.807, 2.05) is 0 Å². The molecule has 0 amide bonds. The molecule has 3 aliphatic rings. The van der Waals surface area contributed by atoms with Crippen LogP contribution in [0.2, 0.25) is 0 Å². The molecule has 0 aromatic heterocycles. The monoisotopic (exact) mass is 368 g/mol. The molecule has 1 aliphatic heterocycles. The van der Waals surface area contributed by atoms with Crippen LogP contribution in [-0.2, 0) is 0 Å². The van der Waals surface area contributed by atoms with Crippen molar-refractivity contribution >= 4 is 0 Å². The minimum absolute atomic E-state index is 0.0401. The molecule has 1 saturated heterocycles. The molecular weight excluding hydrogens is 341 g/mol. The summed E-state index contributed by atoms with van der Waals surface area (Å²) in [6, 6.07) is 0.307. The molecule has 144 valence electrons. The average molecular weight is 368 g/mol. The summed E-state index contributed by atoms with van der Waals surface area (Å²) in [6.45, 7) is 3.44. The lowest BCUT2D eigenvalue weighted by Gasteiger charge is -2.41. The topological polar surface area (TPSA) is 35.5 Å². The van der Waals surface area contributed by atoms with Gasteiger partial charge < -0.3 is 15.3 Å². The van der Waals surface area contributed by atoms with Crippen LogP contribution in [0.5, 0.6) is 0 Å². The fourth-order valence-corrected chi connectivity index (χ4v) is 3.87. The molecule has 3 rings (SSSR count). The first kappa shape index (κ1) is 19.2. The van der Waals surface area contributed by atoms with Gasteiger partial charge in [0.05, 0.1) is 0 Å². The minimum atomic E-state index is -4.65. The van der Waals surface area contributed by atoms with Crippen molar-refractivity contribution in [2.45, 2.75) is 56.8 Å². The van der Waals surface area contributed by atoms with Gasteiger partial charge in [-0.25, -0.2) is 0 Å². The molecule has 0 bridgehead atoms. The molecule has 1 fully saturated rings. The van der Waals surface area contributed by atoms with Gasteiger partial charge in [-0.1, -0.05) is 29.9 Å². The molecule has 26 heavy (non-hydrogen) atoms. The summed E-state index contributed by atoms with van der Waals surface area (Å²) >= 11 is 0. The quantitative estimate of drug-likeness (QED) is 0.791. The molecule has 0 saturated carbocycles. The van der Waals surface area contributed by atoms with E-state index in [2.05, 4.69) is 28.4 Å². The summed E-state index contributed by atoms with van der Waals surface area (Å²) in [4.78, 5) is 2.33. The van der Waals surface area contributed by atoms with Gasteiger partial charge in [0.1, 0.15) is 0 Å². The highest BCUT2D eigenvalue weighted by molar-refractivity contribution is 5.31. The molecule has 2 N–H and O–H groups in total. The van der Waals surface area contributed by atoms with Crippen molar-refractivity contribution < 1.29 is 18.3 Å². The first-order chi connectivity index (χ1) is 12.3. The first-order valence-corrected chi connectivity index (χ1v) is 9.31. The molecule has 6 heteroatoms. The number of hydrogen-bond donors (Lipinski definition) is 2. The Morgan fingerprint density at radius 2 is 2.04 bits per heavy atom. The minimum Gasteiger partial charge on any atom is -0.377 e. The van der Waals surface area contributed by atoms with Gasteiger partial charge in [-0.2, -0.15) is 13.2 Å². The van der Waals surface area contributed by atoms with Gasteiger partial charge in [0.25, 0.3) is 0 Å². The number of halogens is 3. The van der Waals surface area contributed by atoms with Crippen LogP contribution in [0.3, 0.4) is 0 Å². The second-order valence-corrected chi connectivity index (χ2v) is 7.43. The average Bonchev–Trinajstić information content (AvgIpc) is 2.62. The molecule has 0 radical (unpaired) electrons. The third-order valence-electron chi connectivity index (χ3n) is 5.57. The zero-order valence-corrected chi connectivity index (χ0v) is 15.1. The van der Waals surface area contributed by atoms with Gasteiger partial charge in [0.2, 0.25) is 0 Å². The summed E-state index contributed by atoms with van der Waals surface area (Å²) in [5, 5.41) is 13.3. The van der Waals surface area contributed by atoms with Gasteiger partial charge in [0.15, 0.2) is 5.60 Å². The van der Waals surface area contributed by atoms with Crippen LogP contribution >= 0.6 is 0 Å². The number of rotatable bonds is 4. The van der Waals surface area contributed by atoms with Crippen molar-refractivity contribution in [3.05, 3.63) is 47.2 Å². The van der Waals surface area contributed by atoms with E-state index in [-0.39, 0.29) is 12.0 Å². The smallest absolute Gasteiger partial charge is 0.377 e. The number of alkyl halides is 3. The second kappa shape index (κ2) is 7.61. The lowest BCUT2D eigenvalue weighted by molar-refractivity contribution is -0.237. The van der Waals surface area contributed by atoms with Crippen LogP contribution in [0, 0.1) is 0 Å². The van der Waals surface area contributed by atoms with Crippen molar-refractivity contribution in [3.63, 3.8) is 0 Å². The highest BCUT2D eigenvalue weighted by Crippen LogP contribution is 2.40. The Balaban J connectivity index is 1.74. The van der Waals surface area contributed by atoms with E-state index in [4.69, 9.17) is 0 Å². The van der Waals surface area contributed by atoms with Crippen molar-refractivity contribution in [1.29, 1.82) is 0 Å². The maximum atomic E-state index is 13.0. The summed E-state index contributed by atoms with van der Waals surface area (Å²) < 4.78 is 39.1. The number of nitrogens with zero attached hydrogens (tertiary/aromatic N) is 1. The van der Waals surface area contributed by atoms with Gasteiger partial charge >= 0.3 is 6.18 Å². The predicted octanol–water partition coefficient (Wildman–Crippen LogP) is 3.84. The van der Waals surface area contributed by atoms with Crippen molar-refractivity contribution in [2.24, 2.45) is 0 Å². The third kappa shape index (κ3) is 4.07. The Labute approximate surface area is 152 Å². The molecule has 0 spiro atoms. The van der Waals surface area contributed by atoms with E-state index in [0.717, 1.165) is 51.5 Å². The van der Waals surface area contributed by atoms with E-state index in [0.29, 0.717) is 12.5 Å².